The van der Waals surface area contributed by atoms with Gasteiger partial charge in [0.25, 0.3) is 0 Å². The fourth-order valence-electron chi connectivity index (χ4n) is 2.96. The van der Waals surface area contributed by atoms with E-state index >= 15 is 0 Å². The lowest BCUT2D eigenvalue weighted by Gasteiger charge is -2.18. The molecule has 0 aliphatic rings. The molecule has 0 heterocycles. The average molecular weight is 446 g/mol. The Bertz CT molecular complexity index is 719. The number of carbonyl (C=O) groups excluding carboxylic acids is 1. The van der Waals surface area contributed by atoms with Gasteiger partial charge in [0.2, 0.25) is 0 Å². The van der Waals surface area contributed by atoms with E-state index in [-0.39, 0.29) is 12.6 Å². The van der Waals surface area contributed by atoms with Crippen LogP contribution in [0.25, 0.3) is 0 Å². The first-order valence-corrected chi connectivity index (χ1v) is 11.2. The third-order valence-corrected chi connectivity index (χ3v) is 4.37. The van der Waals surface area contributed by atoms with Crippen LogP contribution in [0.5, 0.6) is 0 Å². The van der Waals surface area contributed by atoms with Crippen molar-refractivity contribution >= 4 is 6.29 Å². The van der Waals surface area contributed by atoms with E-state index in [4.69, 9.17) is 18.9 Å². The molecule has 0 saturated carbocycles. The van der Waals surface area contributed by atoms with Gasteiger partial charge in [0, 0.05) is 49.7 Å². The third kappa shape index (κ3) is 10.5. The molecule has 0 aromatic heterocycles. The highest BCUT2D eigenvalue weighted by molar-refractivity contribution is 5.74. The molecule has 6 nitrogen and oxygen atoms in total. The third-order valence-electron chi connectivity index (χ3n) is 4.37. The zero-order valence-corrected chi connectivity index (χ0v) is 20.4. The fraction of sp³-hybridized carbons (Fsp3) is 0.500. The highest BCUT2D eigenvalue weighted by Gasteiger charge is 2.11. The molecular formula is C26H39NO5. The molecule has 0 amide bonds. The van der Waals surface area contributed by atoms with E-state index in [0.29, 0.717) is 32.0 Å². The number of hydrogen-bond acceptors (Lipinski definition) is 6. The quantitative estimate of drug-likeness (QED) is 0.304. The maximum Gasteiger partial charge on any atom is 0.183 e. The van der Waals surface area contributed by atoms with E-state index in [9.17, 15) is 4.79 Å². The lowest BCUT2D eigenvalue weighted by atomic mass is 10.1. The zero-order chi connectivity index (χ0) is 23.8. The summed E-state index contributed by atoms with van der Waals surface area (Å²) in [6.07, 6.45) is 0.249. The summed E-state index contributed by atoms with van der Waals surface area (Å²) in [6, 6.07) is 15.6. The predicted octanol–water partition coefficient (Wildman–Crippen LogP) is 5.39. The van der Waals surface area contributed by atoms with Crippen LogP contribution in [-0.4, -0.2) is 51.7 Å². The van der Waals surface area contributed by atoms with Crippen LogP contribution >= 0.6 is 0 Å². The van der Waals surface area contributed by atoms with Gasteiger partial charge in [-0.15, -0.1) is 0 Å². The van der Waals surface area contributed by atoms with Crippen molar-refractivity contribution in [3.05, 3.63) is 70.8 Å². The van der Waals surface area contributed by atoms with Gasteiger partial charge in [-0.05, 0) is 47.4 Å². The van der Waals surface area contributed by atoms with E-state index in [0.717, 1.165) is 24.0 Å². The van der Waals surface area contributed by atoms with E-state index in [1.165, 1.54) is 5.56 Å². The van der Waals surface area contributed by atoms with Crippen molar-refractivity contribution in [2.45, 2.75) is 46.8 Å². The van der Waals surface area contributed by atoms with Crippen LogP contribution in [-0.2, 0) is 25.5 Å². The first-order chi connectivity index (χ1) is 15.5. The van der Waals surface area contributed by atoms with E-state index < -0.39 is 0 Å². The highest BCUT2D eigenvalue weighted by Crippen LogP contribution is 2.20. The molecule has 0 fully saturated rings. The largest absolute Gasteiger partial charge is 0.349 e. The Labute approximate surface area is 193 Å². The van der Waals surface area contributed by atoms with Gasteiger partial charge < -0.3 is 23.8 Å². The fourth-order valence-corrected chi connectivity index (χ4v) is 2.96. The summed E-state index contributed by atoms with van der Waals surface area (Å²) in [4.78, 5) is 12.6. The van der Waals surface area contributed by atoms with Crippen molar-refractivity contribution in [3.8, 4) is 0 Å². The molecule has 0 unspecified atom stereocenters. The van der Waals surface area contributed by atoms with E-state index in [1.54, 1.807) is 12.1 Å². The van der Waals surface area contributed by atoms with Crippen molar-refractivity contribution in [1.29, 1.82) is 0 Å². The van der Waals surface area contributed by atoms with Crippen LogP contribution in [0, 0.1) is 0 Å². The second kappa shape index (κ2) is 16.5. The van der Waals surface area contributed by atoms with Gasteiger partial charge in [-0.2, -0.15) is 0 Å². The summed E-state index contributed by atoms with van der Waals surface area (Å²) >= 11 is 0. The van der Waals surface area contributed by atoms with Gasteiger partial charge in [0.05, 0.1) is 0 Å². The minimum atomic E-state index is -0.333. The van der Waals surface area contributed by atoms with Crippen LogP contribution in [0.4, 0.5) is 0 Å². The second-order valence-electron chi connectivity index (χ2n) is 7.25. The molecule has 0 radical (unpaired) electrons. The number of hydrogen-bond donors (Lipinski definition) is 0. The van der Waals surface area contributed by atoms with Gasteiger partial charge in [0.15, 0.2) is 12.6 Å². The normalized spacial score (nSPS) is 11.0. The molecule has 2 rings (SSSR count). The number of aldehydes is 1. The van der Waals surface area contributed by atoms with Gasteiger partial charge in [-0.1, -0.05) is 48.5 Å². The van der Waals surface area contributed by atoms with E-state index in [1.807, 2.05) is 39.8 Å². The van der Waals surface area contributed by atoms with Crippen molar-refractivity contribution in [2.24, 2.45) is 0 Å². The topological polar surface area (TPSA) is 57.2 Å². The molecule has 0 saturated heterocycles. The summed E-state index contributed by atoms with van der Waals surface area (Å²) in [5.41, 5.74) is 3.97. The standard InChI is InChI=1S/C14H23NO2.C12H16O3/c1-5-16-14(17-6-2)13-9-7-12(8-10-13)11-15(3)4;1-3-14-12(15-4-2)11-7-5-10(9-13)6-8-11/h7-10,14H,5-6,11H2,1-4H3;5-9,12H,3-4H2,1-2H3. The molecule has 2 aromatic rings. The minimum absolute atomic E-state index is 0.238. The maximum atomic E-state index is 10.5. The molecule has 0 N–H and O–H groups in total. The maximum absolute atomic E-state index is 10.5. The Hall–Kier alpha value is -2.09. The molecule has 0 atom stereocenters. The van der Waals surface area contributed by atoms with Crippen molar-refractivity contribution in [2.75, 3.05) is 40.5 Å². The summed E-state index contributed by atoms with van der Waals surface area (Å²) < 4.78 is 22.0. The molecule has 178 valence electrons. The predicted molar refractivity (Wildman–Crippen MR) is 128 cm³/mol. The molecule has 32 heavy (non-hydrogen) atoms. The number of rotatable bonds is 13. The minimum Gasteiger partial charge on any atom is -0.349 e. The highest BCUT2D eigenvalue weighted by atomic mass is 16.7. The molecule has 6 heteroatoms. The molecular weight excluding hydrogens is 406 g/mol. The molecule has 0 bridgehead atoms. The van der Waals surface area contributed by atoms with Crippen LogP contribution in [0.15, 0.2) is 48.5 Å². The Kier molecular flexibility index (Phi) is 14.4. The summed E-state index contributed by atoms with van der Waals surface area (Å²) in [6.45, 7) is 11.3. The zero-order valence-electron chi connectivity index (χ0n) is 20.4. The van der Waals surface area contributed by atoms with Gasteiger partial charge in [0.1, 0.15) is 6.29 Å². The number of nitrogens with zero attached hydrogens (tertiary/aromatic N) is 1. The van der Waals surface area contributed by atoms with E-state index in [2.05, 4.69) is 43.3 Å². The monoisotopic (exact) mass is 445 g/mol. The van der Waals surface area contributed by atoms with Crippen LogP contribution in [0.1, 0.15) is 67.3 Å². The average Bonchev–Trinajstić information content (AvgIpc) is 2.79. The molecule has 2 aromatic carbocycles. The number of carbonyl (C=O) groups is 1. The Morgan fingerprint density at radius 1 is 0.688 bits per heavy atom. The van der Waals surface area contributed by atoms with Crippen LogP contribution < -0.4 is 0 Å². The van der Waals surface area contributed by atoms with Crippen LogP contribution in [0.2, 0.25) is 0 Å². The van der Waals surface area contributed by atoms with Gasteiger partial charge in [-0.3, -0.25) is 4.79 Å². The SMILES string of the molecule is CCOC(OCC)c1ccc(C=O)cc1.CCOC(OCC)c1ccc(CN(C)C)cc1. The summed E-state index contributed by atoms with van der Waals surface area (Å²) in [7, 11) is 4.13. The smallest absolute Gasteiger partial charge is 0.183 e. The molecule has 0 spiro atoms. The second-order valence-corrected chi connectivity index (χ2v) is 7.25. The van der Waals surface area contributed by atoms with Crippen molar-refractivity contribution in [1.82, 2.24) is 4.90 Å². The summed E-state index contributed by atoms with van der Waals surface area (Å²) in [5.74, 6) is 0. The first kappa shape index (κ1) is 27.9. The first-order valence-electron chi connectivity index (χ1n) is 11.2. The number of ether oxygens (including phenoxy) is 4. The lowest BCUT2D eigenvalue weighted by Crippen LogP contribution is -2.11. The summed E-state index contributed by atoms with van der Waals surface area (Å²) in [5, 5.41) is 0. The van der Waals surface area contributed by atoms with Crippen molar-refractivity contribution in [3.63, 3.8) is 0 Å². The number of benzene rings is 2. The van der Waals surface area contributed by atoms with Gasteiger partial charge >= 0.3 is 0 Å². The Morgan fingerprint density at radius 2 is 1.06 bits per heavy atom. The van der Waals surface area contributed by atoms with Gasteiger partial charge in [-0.25, -0.2) is 0 Å². The molecule has 0 aliphatic carbocycles. The Morgan fingerprint density at radius 3 is 1.38 bits per heavy atom. The molecule has 0 aliphatic heterocycles. The Balaban J connectivity index is 0.000000323. The lowest BCUT2D eigenvalue weighted by molar-refractivity contribution is -0.140. The van der Waals surface area contributed by atoms with Crippen LogP contribution in [0.3, 0.4) is 0 Å². The van der Waals surface area contributed by atoms with Crippen molar-refractivity contribution < 1.29 is 23.7 Å².